The first-order chi connectivity index (χ1) is 11.5. The molecule has 7 nitrogen and oxygen atoms in total. The molecule has 0 unspecified atom stereocenters. The fourth-order valence-corrected chi connectivity index (χ4v) is 3.19. The van der Waals surface area contributed by atoms with Gasteiger partial charge in [0.05, 0.1) is 0 Å². The summed E-state index contributed by atoms with van der Waals surface area (Å²) in [7, 11) is 0. The van der Waals surface area contributed by atoms with Gasteiger partial charge in [0.1, 0.15) is 11.2 Å². The largest absolute Gasteiger partial charge is 0.369 e. The number of primary amides is 1. The molecule has 0 aliphatic carbocycles. The molecule has 1 aliphatic rings. The standard InChI is InChI=1S/C17H20N4O3/c1-2-21-15-12(4-3-7-19-15)10-13(17(21)24)16(23)20-8-5-11(6-9-20)14(18)22/h3-4,7,10-11H,2,5-6,8-9H2,1H3,(H2,18,22). The summed E-state index contributed by atoms with van der Waals surface area (Å²) in [6.07, 6.45) is 2.71. The SMILES string of the molecule is CCn1c(=O)c(C(=O)N2CCC(C(N)=O)CC2)cc2cccnc21. The molecular weight excluding hydrogens is 308 g/mol. The molecule has 3 rings (SSSR count). The lowest BCUT2D eigenvalue weighted by atomic mass is 9.96. The number of nitrogens with two attached hydrogens (primary N) is 1. The minimum absolute atomic E-state index is 0.148. The quantitative estimate of drug-likeness (QED) is 0.899. The minimum atomic E-state index is -0.328. The predicted molar refractivity (Wildman–Crippen MR) is 89.5 cm³/mol. The Morgan fingerprint density at radius 2 is 2.04 bits per heavy atom. The number of aryl methyl sites for hydroxylation is 1. The topological polar surface area (TPSA) is 98.3 Å². The number of amides is 2. The lowest BCUT2D eigenvalue weighted by Crippen LogP contribution is -2.43. The maximum absolute atomic E-state index is 12.8. The number of piperidine rings is 1. The van der Waals surface area contributed by atoms with Gasteiger partial charge in [-0.3, -0.25) is 19.0 Å². The highest BCUT2D eigenvalue weighted by Crippen LogP contribution is 2.19. The number of pyridine rings is 2. The van der Waals surface area contributed by atoms with Crippen molar-refractivity contribution in [1.82, 2.24) is 14.5 Å². The smallest absolute Gasteiger partial charge is 0.265 e. The van der Waals surface area contributed by atoms with E-state index in [2.05, 4.69) is 4.98 Å². The number of likely N-dealkylation sites (tertiary alicyclic amines) is 1. The van der Waals surface area contributed by atoms with Crippen molar-refractivity contribution >= 4 is 22.8 Å². The van der Waals surface area contributed by atoms with Crippen LogP contribution in [0.25, 0.3) is 11.0 Å². The number of carbonyl (C=O) groups excluding carboxylic acids is 2. The van der Waals surface area contributed by atoms with Crippen LogP contribution in [0, 0.1) is 5.92 Å². The molecule has 0 spiro atoms. The molecule has 0 radical (unpaired) electrons. The summed E-state index contributed by atoms with van der Waals surface area (Å²) in [5, 5.41) is 0.759. The molecule has 2 N–H and O–H groups in total. The Morgan fingerprint density at radius 3 is 2.67 bits per heavy atom. The highest BCUT2D eigenvalue weighted by Gasteiger charge is 2.28. The van der Waals surface area contributed by atoms with Crippen molar-refractivity contribution in [3.8, 4) is 0 Å². The van der Waals surface area contributed by atoms with Crippen LogP contribution in [0.1, 0.15) is 30.1 Å². The van der Waals surface area contributed by atoms with Gasteiger partial charge in [-0.15, -0.1) is 0 Å². The van der Waals surface area contributed by atoms with Gasteiger partial charge in [-0.1, -0.05) is 0 Å². The van der Waals surface area contributed by atoms with Gasteiger partial charge in [-0.25, -0.2) is 4.98 Å². The van der Waals surface area contributed by atoms with E-state index in [1.165, 1.54) is 4.57 Å². The van der Waals surface area contributed by atoms with Crippen molar-refractivity contribution in [3.05, 3.63) is 40.3 Å². The van der Waals surface area contributed by atoms with E-state index in [1.807, 2.05) is 13.0 Å². The van der Waals surface area contributed by atoms with E-state index in [0.717, 1.165) is 5.39 Å². The average Bonchev–Trinajstić information content (AvgIpc) is 2.60. The molecule has 1 fully saturated rings. The fourth-order valence-electron chi connectivity index (χ4n) is 3.19. The van der Waals surface area contributed by atoms with Crippen LogP contribution in [0.3, 0.4) is 0 Å². The number of nitrogens with zero attached hydrogens (tertiary/aromatic N) is 3. The van der Waals surface area contributed by atoms with Gasteiger partial charge in [0.2, 0.25) is 5.91 Å². The summed E-state index contributed by atoms with van der Waals surface area (Å²) in [4.78, 5) is 42.6. The average molecular weight is 328 g/mol. The van der Waals surface area contributed by atoms with Gasteiger partial charge in [-0.05, 0) is 38.0 Å². The molecule has 24 heavy (non-hydrogen) atoms. The third kappa shape index (κ3) is 2.77. The maximum Gasteiger partial charge on any atom is 0.265 e. The molecule has 1 saturated heterocycles. The summed E-state index contributed by atoms with van der Waals surface area (Å²) < 4.78 is 1.51. The highest BCUT2D eigenvalue weighted by molar-refractivity contribution is 5.97. The predicted octanol–water partition coefficient (Wildman–Crippen LogP) is 0.754. The van der Waals surface area contributed by atoms with Crippen LogP contribution in [-0.4, -0.2) is 39.4 Å². The molecule has 1 aliphatic heterocycles. The van der Waals surface area contributed by atoms with E-state index in [1.54, 1.807) is 23.2 Å². The normalized spacial score (nSPS) is 15.6. The molecule has 2 aromatic rings. The molecule has 0 saturated carbocycles. The third-order valence-electron chi connectivity index (χ3n) is 4.58. The van der Waals surface area contributed by atoms with Gasteiger partial charge in [0.15, 0.2) is 0 Å². The summed E-state index contributed by atoms with van der Waals surface area (Å²) in [6.45, 7) is 3.16. The Hall–Kier alpha value is -2.70. The zero-order chi connectivity index (χ0) is 17.3. The summed E-state index contributed by atoms with van der Waals surface area (Å²) in [5.41, 5.74) is 5.72. The van der Waals surface area contributed by atoms with Crippen LogP contribution in [0.2, 0.25) is 0 Å². The zero-order valence-electron chi connectivity index (χ0n) is 13.6. The number of hydrogen-bond donors (Lipinski definition) is 1. The number of aromatic nitrogens is 2. The van der Waals surface area contributed by atoms with Crippen molar-refractivity contribution in [2.45, 2.75) is 26.3 Å². The Morgan fingerprint density at radius 1 is 1.33 bits per heavy atom. The number of carbonyl (C=O) groups is 2. The van der Waals surface area contributed by atoms with Gasteiger partial charge in [0, 0.05) is 37.1 Å². The molecular formula is C17H20N4O3. The summed E-state index contributed by atoms with van der Waals surface area (Å²) >= 11 is 0. The molecule has 7 heteroatoms. The summed E-state index contributed by atoms with van der Waals surface area (Å²) in [6, 6.07) is 5.22. The molecule has 0 atom stereocenters. The Labute approximate surface area is 139 Å². The molecule has 3 heterocycles. The molecule has 0 aromatic carbocycles. The Balaban J connectivity index is 1.95. The van der Waals surface area contributed by atoms with E-state index in [-0.39, 0.29) is 28.9 Å². The second kappa shape index (κ2) is 6.43. The maximum atomic E-state index is 12.8. The van der Waals surface area contributed by atoms with Crippen LogP contribution in [0.5, 0.6) is 0 Å². The number of hydrogen-bond acceptors (Lipinski definition) is 4. The first kappa shape index (κ1) is 16.2. The molecule has 2 amide bonds. The lowest BCUT2D eigenvalue weighted by Gasteiger charge is -2.30. The van der Waals surface area contributed by atoms with Crippen LogP contribution in [0.4, 0.5) is 0 Å². The number of rotatable bonds is 3. The van der Waals surface area contributed by atoms with Crippen molar-refractivity contribution in [2.24, 2.45) is 11.7 Å². The van der Waals surface area contributed by atoms with Gasteiger partial charge in [0.25, 0.3) is 11.5 Å². The van der Waals surface area contributed by atoms with Crippen LogP contribution >= 0.6 is 0 Å². The van der Waals surface area contributed by atoms with Crippen LogP contribution in [-0.2, 0) is 11.3 Å². The molecule has 126 valence electrons. The number of fused-ring (bicyclic) bond motifs is 1. The van der Waals surface area contributed by atoms with Crippen molar-refractivity contribution in [3.63, 3.8) is 0 Å². The van der Waals surface area contributed by atoms with Crippen molar-refractivity contribution in [2.75, 3.05) is 13.1 Å². The lowest BCUT2D eigenvalue weighted by molar-refractivity contribution is -0.123. The van der Waals surface area contributed by atoms with E-state index in [9.17, 15) is 14.4 Å². The third-order valence-corrected chi connectivity index (χ3v) is 4.58. The first-order valence-corrected chi connectivity index (χ1v) is 8.10. The van der Waals surface area contributed by atoms with Crippen molar-refractivity contribution < 1.29 is 9.59 Å². The van der Waals surface area contributed by atoms with Crippen molar-refractivity contribution in [1.29, 1.82) is 0 Å². The zero-order valence-corrected chi connectivity index (χ0v) is 13.6. The second-order valence-corrected chi connectivity index (χ2v) is 5.99. The van der Waals surface area contributed by atoms with E-state index in [0.29, 0.717) is 38.1 Å². The van der Waals surface area contributed by atoms with Gasteiger partial charge >= 0.3 is 0 Å². The fraction of sp³-hybridized carbons (Fsp3) is 0.412. The highest BCUT2D eigenvalue weighted by atomic mass is 16.2. The van der Waals surface area contributed by atoms with E-state index < -0.39 is 0 Å². The Bertz CT molecular complexity index is 851. The first-order valence-electron chi connectivity index (χ1n) is 8.10. The Kier molecular flexibility index (Phi) is 4.33. The summed E-state index contributed by atoms with van der Waals surface area (Å²) in [5.74, 6) is -0.815. The van der Waals surface area contributed by atoms with E-state index in [4.69, 9.17) is 5.73 Å². The second-order valence-electron chi connectivity index (χ2n) is 5.99. The van der Waals surface area contributed by atoms with Gasteiger partial charge in [-0.2, -0.15) is 0 Å². The molecule has 2 aromatic heterocycles. The minimum Gasteiger partial charge on any atom is -0.369 e. The van der Waals surface area contributed by atoms with Crippen LogP contribution in [0.15, 0.2) is 29.2 Å². The molecule has 0 bridgehead atoms. The van der Waals surface area contributed by atoms with E-state index >= 15 is 0 Å². The van der Waals surface area contributed by atoms with Crippen LogP contribution < -0.4 is 11.3 Å². The van der Waals surface area contributed by atoms with Gasteiger partial charge < -0.3 is 10.6 Å². The monoisotopic (exact) mass is 328 g/mol.